The molecule has 0 spiro atoms. The van der Waals surface area contributed by atoms with Crippen LogP contribution in [0.5, 0.6) is 0 Å². The Hall–Kier alpha value is -3.34. The van der Waals surface area contributed by atoms with Crippen molar-refractivity contribution in [2.24, 2.45) is 0 Å². The summed E-state index contributed by atoms with van der Waals surface area (Å²) in [5.41, 5.74) is -0.988. The number of aryl methyl sites for hydroxylation is 3. The summed E-state index contributed by atoms with van der Waals surface area (Å²) in [7, 11) is -4.28. The van der Waals surface area contributed by atoms with Crippen LogP contribution in [0.25, 0.3) is 0 Å². The van der Waals surface area contributed by atoms with Crippen molar-refractivity contribution in [3.05, 3.63) is 70.6 Å². The van der Waals surface area contributed by atoms with E-state index in [1.165, 1.54) is 13.0 Å². The van der Waals surface area contributed by atoms with Crippen LogP contribution < -0.4 is 10.0 Å². The number of anilines is 2. The lowest BCUT2D eigenvalue weighted by molar-refractivity contribution is -0.136. The molecule has 2 N–H and O–H groups in total. The van der Waals surface area contributed by atoms with Gasteiger partial charge < -0.3 is 9.84 Å². The van der Waals surface area contributed by atoms with Crippen LogP contribution >= 0.6 is 0 Å². The van der Waals surface area contributed by atoms with E-state index in [0.717, 1.165) is 18.3 Å². The van der Waals surface area contributed by atoms with Crippen molar-refractivity contribution >= 4 is 27.3 Å². The first-order valence-electron chi connectivity index (χ1n) is 8.92. The highest BCUT2D eigenvalue weighted by Crippen LogP contribution is 2.37. The van der Waals surface area contributed by atoms with Gasteiger partial charge in [0, 0.05) is 5.69 Å². The summed E-state index contributed by atoms with van der Waals surface area (Å²) in [4.78, 5) is 12.1. The van der Waals surface area contributed by atoms with Crippen LogP contribution in [0.3, 0.4) is 0 Å². The van der Waals surface area contributed by atoms with Gasteiger partial charge in [-0.3, -0.25) is 9.52 Å². The minimum Gasteiger partial charge on any atom is -0.361 e. The first-order valence-corrected chi connectivity index (χ1v) is 10.4. The van der Waals surface area contributed by atoms with Gasteiger partial charge in [0.25, 0.3) is 15.9 Å². The van der Waals surface area contributed by atoms with E-state index in [2.05, 4.69) is 10.5 Å². The van der Waals surface area contributed by atoms with Crippen LogP contribution in [0.1, 0.15) is 32.8 Å². The molecular formula is C20H18F3N3O4S. The predicted octanol–water partition coefficient (Wildman–Crippen LogP) is 4.67. The first-order chi connectivity index (χ1) is 14.4. The summed E-state index contributed by atoms with van der Waals surface area (Å²) in [6.45, 7) is 4.70. The molecule has 0 saturated carbocycles. The number of rotatable bonds is 5. The highest BCUT2D eigenvalue weighted by Gasteiger charge is 2.35. The van der Waals surface area contributed by atoms with Crippen LogP contribution in [0.15, 0.2) is 52.0 Å². The number of nitrogens with one attached hydrogen (secondary N) is 2. The van der Waals surface area contributed by atoms with E-state index >= 15 is 0 Å². The third-order valence-electron chi connectivity index (χ3n) is 4.46. The largest absolute Gasteiger partial charge is 0.418 e. The lowest BCUT2D eigenvalue weighted by Crippen LogP contribution is -2.19. The van der Waals surface area contributed by atoms with Crippen LogP contribution in [-0.2, 0) is 16.2 Å². The zero-order valence-electron chi connectivity index (χ0n) is 16.7. The molecule has 0 saturated heterocycles. The second kappa shape index (κ2) is 8.06. The molecule has 7 nitrogen and oxygen atoms in total. The third kappa shape index (κ3) is 4.88. The van der Waals surface area contributed by atoms with Crippen LogP contribution in [-0.4, -0.2) is 19.5 Å². The highest BCUT2D eigenvalue weighted by atomic mass is 32.2. The topological polar surface area (TPSA) is 101 Å². The van der Waals surface area contributed by atoms with Gasteiger partial charge in [0.15, 0.2) is 0 Å². The second-order valence-corrected chi connectivity index (χ2v) is 8.53. The predicted molar refractivity (Wildman–Crippen MR) is 107 cm³/mol. The highest BCUT2D eigenvalue weighted by molar-refractivity contribution is 7.92. The van der Waals surface area contributed by atoms with Crippen molar-refractivity contribution in [1.82, 2.24) is 5.16 Å². The summed E-state index contributed by atoms with van der Waals surface area (Å²) in [6, 6.07) is 7.41. The number of amides is 1. The molecule has 1 aromatic heterocycles. The maximum Gasteiger partial charge on any atom is 0.418 e. The summed E-state index contributed by atoms with van der Waals surface area (Å²) < 4.78 is 73.2. The van der Waals surface area contributed by atoms with Crippen LogP contribution in [0.2, 0.25) is 0 Å². The molecular weight excluding hydrogens is 435 g/mol. The van der Waals surface area contributed by atoms with Crippen molar-refractivity contribution in [2.75, 3.05) is 10.0 Å². The molecule has 0 bridgehead atoms. The smallest absolute Gasteiger partial charge is 0.361 e. The fraction of sp³-hybridized carbons (Fsp3) is 0.200. The number of hydrogen-bond donors (Lipinski definition) is 2. The fourth-order valence-electron chi connectivity index (χ4n) is 2.86. The van der Waals surface area contributed by atoms with E-state index in [1.807, 2.05) is 4.72 Å². The Kier molecular flexibility index (Phi) is 5.81. The van der Waals surface area contributed by atoms with Gasteiger partial charge in [0.2, 0.25) is 0 Å². The summed E-state index contributed by atoms with van der Waals surface area (Å²) in [5, 5.41) is 5.76. The number of hydrogen-bond acceptors (Lipinski definition) is 5. The monoisotopic (exact) mass is 453 g/mol. The number of nitrogens with zero attached hydrogens (tertiary/aromatic N) is 1. The summed E-state index contributed by atoms with van der Waals surface area (Å²) in [5.74, 6) is -0.512. The van der Waals surface area contributed by atoms with E-state index in [-0.39, 0.29) is 21.9 Å². The van der Waals surface area contributed by atoms with Gasteiger partial charge in [-0.1, -0.05) is 17.3 Å². The fourth-order valence-corrected chi connectivity index (χ4v) is 4.27. The quantitative estimate of drug-likeness (QED) is 0.585. The maximum absolute atomic E-state index is 13.7. The zero-order chi connectivity index (χ0) is 23.0. The van der Waals surface area contributed by atoms with Gasteiger partial charge in [-0.25, -0.2) is 8.42 Å². The molecule has 0 radical (unpaired) electrons. The lowest BCUT2D eigenvalue weighted by Gasteiger charge is -2.17. The molecule has 164 valence electrons. The molecule has 0 unspecified atom stereocenters. The first kappa shape index (κ1) is 22.3. The molecule has 0 aliphatic rings. The Bertz CT molecular complexity index is 1250. The molecule has 2 aromatic carbocycles. The minimum absolute atomic E-state index is 0.0632. The Morgan fingerprint density at radius 3 is 2.39 bits per heavy atom. The third-order valence-corrected chi connectivity index (χ3v) is 5.96. The number of sulfonamides is 1. The number of aromatic nitrogens is 1. The number of benzene rings is 2. The van der Waals surface area contributed by atoms with Crippen molar-refractivity contribution in [3.63, 3.8) is 0 Å². The molecule has 1 amide bonds. The Morgan fingerprint density at radius 2 is 1.77 bits per heavy atom. The van der Waals surface area contributed by atoms with Gasteiger partial charge in [0.1, 0.15) is 11.3 Å². The zero-order valence-corrected chi connectivity index (χ0v) is 17.5. The molecule has 0 aliphatic carbocycles. The number of carbonyl (C=O) groups is 1. The molecule has 0 aliphatic heterocycles. The van der Waals surface area contributed by atoms with Gasteiger partial charge >= 0.3 is 6.18 Å². The molecule has 3 aromatic rings. The van der Waals surface area contributed by atoms with Crippen LogP contribution in [0.4, 0.5) is 24.5 Å². The lowest BCUT2D eigenvalue weighted by atomic mass is 10.1. The van der Waals surface area contributed by atoms with Crippen molar-refractivity contribution in [3.8, 4) is 0 Å². The molecule has 0 atom stereocenters. The standard InChI is InChI=1S/C20H18F3N3O4S/c1-11-4-5-12(2)18(8-11)31(28,29)26-17-7-6-14(9-16(17)20(21,22)23)25-19(27)15-10-24-30-13(15)3/h4-10,26H,1-3H3,(H,25,27). The van der Waals surface area contributed by atoms with E-state index in [9.17, 15) is 26.4 Å². The Morgan fingerprint density at radius 1 is 1.06 bits per heavy atom. The number of alkyl halides is 3. The van der Waals surface area contributed by atoms with E-state index < -0.39 is 33.4 Å². The van der Waals surface area contributed by atoms with Gasteiger partial charge in [-0.15, -0.1) is 0 Å². The van der Waals surface area contributed by atoms with E-state index in [0.29, 0.717) is 17.2 Å². The number of carbonyl (C=O) groups excluding carboxylic acids is 1. The average Bonchev–Trinajstić information content (AvgIpc) is 3.10. The van der Waals surface area contributed by atoms with Crippen molar-refractivity contribution in [1.29, 1.82) is 0 Å². The number of halogens is 3. The normalized spacial score (nSPS) is 11.9. The Labute approximate surface area is 176 Å². The molecule has 1 heterocycles. The van der Waals surface area contributed by atoms with Crippen molar-refractivity contribution in [2.45, 2.75) is 31.8 Å². The van der Waals surface area contributed by atoms with Gasteiger partial charge in [-0.05, 0) is 56.2 Å². The summed E-state index contributed by atoms with van der Waals surface area (Å²) >= 11 is 0. The molecule has 11 heteroatoms. The van der Waals surface area contributed by atoms with Gasteiger partial charge in [-0.2, -0.15) is 13.2 Å². The average molecular weight is 453 g/mol. The Balaban J connectivity index is 1.96. The van der Waals surface area contributed by atoms with E-state index in [4.69, 9.17) is 4.52 Å². The maximum atomic E-state index is 13.7. The second-order valence-electron chi connectivity index (χ2n) is 6.88. The van der Waals surface area contributed by atoms with Crippen molar-refractivity contribution < 1.29 is 30.9 Å². The molecule has 31 heavy (non-hydrogen) atoms. The minimum atomic E-state index is -4.88. The van der Waals surface area contributed by atoms with E-state index in [1.54, 1.807) is 26.0 Å². The summed E-state index contributed by atoms with van der Waals surface area (Å²) in [6.07, 6.45) is -3.74. The molecule has 0 fully saturated rings. The van der Waals surface area contributed by atoms with Gasteiger partial charge in [0.05, 0.1) is 22.3 Å². The SMILES string of the molecule is Cc1ccc(C)c(S(=O)(=O)Nc2ccc(NC(=O)c3cnoc3C)cc2C(F)(F)F)c1. The van der Waals surface area contributed by atoms with Crippen LogP contribution in [0, 0.1) is 20.8 Å². The molecule has 3 rings (SSSR count).